The van der Waals surface area contributed by atoms with E-state index in [0.717, 1.165) is 0 Å². The van der Waals surface area contributed by atoms with Crippen LogP contribution in [0.4, 0.5) is 0 Å². The van der Waals surface area contributed by atoms with Crippen molar-refractivity contribution in [2.45, 2.75) is 0 Å². The van der Waals surface area contributed by atoms with E-state index in [4.69, 9.17) is 43.2 Å². The number of carbonyl (C=O) groups excluding carboxylic acids is 2. The molecule has 0 spiro atoms. The second kappa shape index (κ2) is 9.77. The lowest BCUT2D eigenvalue weighted by atomic mass is 10.1. The highest BCUT2D eigenvalue weighted by atomic mass is 35.5. The minimum atomic E-state index is -0.676. The largest absolute Gasteiger partial charge is 0.457 e. The molecule has 6 nitrogen and oxygen atoms in total. The van der Waals surface area contributed by atoms with Crippen LogP contribution in [-0.2, 0) is 4.74 Å². The number of carbonyl (C=O) groups is 2. The van der Waals surface area contributed by atoms with Gasteiger partial charge in [-0.05, 0) is 60.7 Å². The fourth-order valence-electron chi connectivity index (χ4n) is 2.54. The smallest absolute Gasteiger partial charge is 0.338 e. The molecular formula is C23H12Cl2N2O4. The molecule has 3 aromatic carbocycles. The minimum Gasteiger partial charge on any atom is -0.457 e. The van der Waals surface area contributed by atoms with Crippen molar-refractivity contribution < 1.29 is 19.1 Å². The lowest BCUT2D eigenvalue weighted by Gasteiger charge is -2.08. The van der Waals surface area contributed by atoms with Gasteiger partial charge in [0.25, 0.3) is 0 Å². The summed E-state index contributed by atoms with van der Waals surface area (Å²) in [6, 6.07) is 18.8. The molecule has 152 valence electrons. The molecule has 3 rings (SSSR count). The molecule has 0 saturated carbocycles. The zero-order valence-corrected chi connectivity index (χ0v) is 17.3. The van der Waals surface area contributed by atoms with E-state index in [0.29, 0.717) is 16.5 Å². The van der Waals surface area contributed by atoms with Gasteiger partial charge in [-0.25, -0.2) is 4.79 Å². The van der Waals surface area contributed by atoms with Crippen LogP contribution in [0.2, 0.25) is 10.0 Å². The molecule has 0 aliphatic carbocycles. The Morgan fingerprint density at radius 2 is 1.42 bits per heavy atom. The summed E-state index contributed by atoms with van der Waals surface area (Å²) < 4.78 is 10.7. The summed E-state index contributed by atoms with van der Waals surface area (Å²) in [5.41, 5.74) is 0.965. The van der Waals surface area contributed by atoms with Gasteiger partial charge in [0.05, 0.1) is 26.7 Å². The molecule has 0 amide bonds. The van der Waals surface area contributed by atoms with Crippen LogP contribution in [0.25, 0.3) is 0 Å². The van der Waals surface area contributed by atoms with E-state index in [-0.39, 0.29) is 27.3 Å². The van der Waals surface area contributed by atoms with E-state index in [1.54, 1.807) is 18.2 Å². The normalized spacial score (nSPS) is 9.94. The molecule has 0 aliphatic heterocycles. The van der Waals surface area contributed by atoms with E-state index in [9.17, 15) is 9.59 Å². The Hall–Kier alpha value is -3.84. The molecule has 3 aromatic rings. The fraction of sp³-hybridized carbons (Fsp3) is 0.0435. The van der Waals surface area contributed by atoms with Crippen molar-refractivity contribution in [1.82, 2.24) is 0 Å². The van der Waals surface area contributed by atoms with Crippen molar-refractivity contribution in [3.05, 3.63) is 93.0 Å². The van der Waals surface area contributed by atoms with Gasteiger partial charge in [-0.1, -0.05) is 23.2 Å². The van der Waals surface area contributed by atoms with Crippen molar-refractivity contribution in [1.29, 1.82) is 10.5 Å². The van der Waals surface area contributed by atoms with Crippen molar-refractivity contribution in [2.24, 2.45) is 0 Å². The molecule has 0 N–H and O–H groups in total. The molecule has 0 aromatic heterocycles. The number of rotatable bonds is 6. The highest BCUT2D eigenvalue weighted by Crippen LogP contribution is 2.25. The highest BCUT2D eigenvalue weighted by Gasteiger charge is 2.13. The molecule has 0 atom stereocenters. The van der Waals surface area contributed by atoms with Gasteiger partial charge in [0.2, 0.25) is 0 Å². The molecule has 0 aliphatic rings. The van der Waals surface area contributed by atoms with Crippen molar-refractivity contribution in [2.75, 3.05) is 6.61 Å². The Balaban J connectivity index is 1.61. The zero-order valence-electron chi connectivity index (χ0n) is 15.8. The summed E-state index contributed by atoms with van der Waals surface area (Å²) in [6.45, 7) is -0.447. The first-order valence-electron chi connectivity index (χ1n) is 8.79. The van der Waals surface area contributed by atoms with Crippen LogP contribution < -0.4 is 4.74 Å². The summed E-state index contributed by atoms with van der Waals surface area (Å²) in [6.07, 6.45) is 0. The topological polar surface area (TPSA) is 100 Å². The second-order valence-corrected chi connectivity index (χ2v) is 7.00. The van der Waals surface area contributed by atoms with E-state index in [1.165, 1.54) is 42.5 Å². The van der Waals surface area contributed by atoms with Crippen LogP contribution in [-0.4, -0.2) is 18.4 Å². The van der Waals surface area contributed by atoms with Gasteiger partial charge < -0.3 is 9.47 Å². The van der Waals surface area contributed by atoms with E-state index in [2.05, 4.69) is 0 Å². The molecule has 0 heterocycles. The average Bonchev–Trinajstić information content (AvgIpc) is 2.79. The Bertz CT molecular complexity index is 1240. The average molecular weight is 451 g/mol. The number of ether oxygens (including phenoxy) is 2. The maximum Gasteiger partial charge on any atom is 0.338 e. The van der Waals surface area contributed by atoms with Crippen LogP contribution in [0.3, 0.4) is 0 Å². The van der Waals surface area contributed by atoms with Gasteiger partial charge in [0.1, 0.15) is 23.6 Å². The summed E-state index contributed by atoms with van der Waals surface area (Å²) in [5, 5.41) is 18.6. The Labute approximate surface area is 187 Å². The van der Waals surface area contributed by atoms with Crippen LogP contribution >= 0.6 is 23.2 Å². The van der Waals surface area contributed by atoms with Gasteiger partial charge >= 0.3 is 5.97 Å². The van der Waals surface area contributed by atoms with Crippen molar-refractivity contribution >= 4 is 35.0 Å². The summed E-state index contributed by atoms with van der Waals surface area (Å²) in [7, 11) is 0. The predicted octanol–water partition coefficient (Wildman–Crippen LogP) is 5.57. The molecule has 0 unspecified atom stereocenters. The number of Topliss-reactive ketones (excluding diaryl/α,β-unsaturated/α-hetero) is 1. The minimum absolute atomic E-state index is 0.201. The highest BCUT2D eigenvalue weighted by molar-refractivity contribution is 6.42. The summed E-state index contributed by atoms with van der Waals surface area (Å²) in [4.78, 5) is 24.4. The van der Waals surface area contributed by atoms with Crippen LogP contribution in [0.5, 0.6) is 11.5 Å². The van der Waals surface area contributed by atoms with Gasteiger partial charge in [0, 0.05) is 5.56 Å². The van der Waals surface area contributed by atoms with Crippen LogP contribution in [0.1, 0.15) is 31.8 Å². The molecule has 8 heteroatoms. The van der Waals surface area contributed by atoms with Crippen LogP contribution in [0, 0.1) is 22.7 Å². The van der Waals surface area contributed by atoms with Gasteiger partial charge in [0.15, 0.2) is 12.4 Å². The summed E-state index contributed by atoms with van der Waals surface area (Å²) >= 11 is 11.7. The molecule has 0 saturated heterocycles. The monoisotopic (exact) mass is 450 g/mol. The number of esters is 1. The number of halogens is 2. The molecule has 31 heavy (non-hydrogen) atoms. The van der Waals surface area contributed by atoms with E-state index >= 15 is 0 Å². The van der Waals surface area contributed by atoms with Crippen molar-refractivity contribution in [3.63, 3.8) is 0 Å². The first-order chi connectivity index (χ1) is 14.9. The molecule has 0 fully saturated rings. The first-order valence-corrected chi connectivity index (χ1v) is 9.54. The molecule has 0 radical (unpaired) electrons. The Morgan fingerprint density at radius 1 is 0.774 bits per heavy atom. The lowest BCUT2D eigenvalue weighted by Crippen LogP contribution is -2.14. The first kappa shape index (κ1) is 21.9. The third kappa shape index (κ3) is 5.40. The SMILES string of the molecule is N#Cc1ccc(Oc2ccc(C(=O)OCC(=O)c3ccc(Cl)c(Cl)c3)cc2)cc1C#N. The van der Waals surface area contributed by atoms with Crippen molar-refractivity contribution in [3.8, 4) is 23.6 Å². The predicted molar refractivity (Wildman–Crippen MR) is 113 cm³/mol. The second-order valence-electron chi connectivity index (χ2n) is 6.19. The number of nitriles is 2. The Kier molecular flexibility index (Phi) is 6.89. The van der Waals surface area contributed by atoms with E-state index < -0.39 is 18.4 Å². The lowest BCUT2D eigenvalue weighted by molar-refractivity contribution is 0.0474. The number of hydrogen-bond acceptors (Lipinski definition) is 6. The standard InChI is InChI=1S/C23H12Cl2N2O4/c24-20-8-4-15(10-21(20)25)22(28)13-30-23(29)14-1-5-18(6-2-14)31-19-7-3-16(11-26)17(9-19)12-27/h1-10H,13H2. The van der Waals surface area contributed by atoms with Gasteiger partial charge in [-0.2, -0.15) is 10.5 Å². The Morgan fingerprint density at radius 3 is 2.06 bits per heavy atom. The fourth-order valence-corrected chi connectivity index (χ4v) is 2.84. The van der Waals surface area contributed by atoms with E-state index in [1.807, 2.05) is 12.1 Å². The van der Waals surface area contributed by atoms with Crippen LogP contribution in [0.15, 0.2) is 60.7 Å². The number of benzene rings is 3. The van der Waals surface area contributed by atoms with Gasteiger partial charge in [-0.3, -0.25) is 4.79 Å². The third-order valence-corrected chi connectivity index (χ3v) is 4.87. The van der Waals surface area contributed by atoms with Gasteiger partial charge in [-0.15, -0.1) is 0 Å². The molecule has 0 bridgehead atoms. The maximum atomic E-state index is 12.2. The quantitative estimate of drug-likeness (QED) is 0.359. The number of nitrogens with zero attached hydrogens (tertiary/aromatic N) is 2. The number of ketones is 1. The summed E-state index contributed by atoms with van der Waals surface area (Å²) in [5.74, 6) is -0.304. The third-order valence-electron chi connectivity index (χ3n) is 4.13. The zero-order chi connectivity index (χ0) is 22.4. The molecular weight excluding hydrogens is 439 g/mol. The maximum absolute atomic E-state index is 12.2. The number of hydrogen-bond donors (Lipinski definition) is 0.